The summed E-state index contributed by atoms with van der Waals surface area (Å²) in [7, 11) is 0. The number of hydrogen-bond donors (Lipinski definition) is 3. The Morgan fingerprint density at radius 2 is 1.63 bits per heavy atom. The third-order valence-electron chi connectivity index (χ3n) is 3.14. The lowest BCUT2D eigenvalue weighted by Crippen LogP contribution is -2.44. The molecule has 0 aromatic rings. The first-order valence-electron chi connectivity index (χ1n) is 6.93. The maximum Gasteiger partial charge on any atom is 0.220 e. The Kier molecular flexibility index (Phi) is 7.68. The van der Waals surface area contributed by atoms with Crippen LogP contribution in [0.5, 0.6) is 0 Å². The summed E-state index contributed by atoms with van der Waals surface area (Å²) in [5.74, 6) is -0.0835. The maximum absolute atomic E-state index is 11.6. The van der Waals surface area contributed by atoms with Crippen molar-refractivity contribution in [3.05, 3.63) is 0 Å². The van der Waals surface area contributed by atoms with E-state index in [1.807, 2.05) is 27.7 Å². The zero-order valence-electron chi connectivity index (χ0n) is 12.7. The Morgan fingerprint density at radius 3 is 2.11 bits per heavy atom. The van der Waals surface area contributed by atoms with E-state index in [4.69, 9.17) is 0 Å². The molecule has 0 spiro atoms. The molecule has 1 atom stereocenters. The maximum atomic E-state index is 11.6. The van der Waals surface area contributed by atoms with Gasteiger partial charge in [-0.2, -0.15) is 0 Å². The normalized spacial score (nSPS) is 14.3. The molecule has 0 rings (SSSR count). The summed E-state index contributed by atoms with van der Waals surface area (Å²) < 4.78 is 0. The van der Waals surface area contributed by atoms with E-state index in [0.717, 1.165) is 0 Å². The van der Waals surface area contributed by atoms with Crippen molar-refractivity contribution in [2.24, 2.45) is 5.92 Å². The highest BCUT2D eigenvalue weighted by atomic mass is 16.3. The van der Waals surface area contributed by atoms with Crippen LogP contribution >= 0.6 is 0 Å². The summed E-state index contributed by atoms with van der Waals surface area (Å²) in [5, 5.41) is 15.4. The molecule has 2 amide bonds. The Morgan fingerprint density at radius 1 is 1.11 bits per heavy atom. The summed E-state index contributed by atoms with van der Waals surface area (Å²) in [6.45, 7) is 9.55. The van der Waals surface area contributed by atoms with Crippen molar-refractivity contribution < 1.29 is 14.7 Å². The van der Waals surface area contributed by atoms with Gasteiger partial charge >= 0.3 is 0 Å². The average Bonchev–Trinajstić information content (AvgIpc) is 2.25. The lowest BCUT2D eigenvalue weighted by Gasteiger charge is -2.27. The number of carbonyl (C=O) groups is 2. The van der Waals surface area contributed by atoms with Gasteiger partial charge in [-0.25, -0.2) is 0 Å². The molecule has 1 unspecified atom stereocenters. The van der Waals surface area contributed by atoms with Crippen LogP contribution in [0.2, 0.25) is 0 Å². The highest BCUT2D eigenvalue weighted by Gasteiger charge is 2.25. The van der Waals surface area contributed by atoms with E-state index in [0.29, 0.717) is 19.3 Å². The Labute approximate surface area is 116 Å². The molecule has 0 heterocycles. The Hall–Kier alpha value is -1.10. The summed E-state index contributed by atoms with van der Waals surface area (Å²) in [6.07, 6.45) is 1.18. The molecule has 19 heavy (non-hydrogen) atoms. The molecule has 0 bridgehead atoms. The standard InChI is InChI=1S/C14H28N2O3/c1-10(2)14(5,19)9-15-12(17)7-6-8-13(18)16-11(3)4/h10-11,19H,6-9H2,1-5H3,(H,15,17)(H,16,18). The minimum Gasteiger partial charge on any atom is -0.388 e. The predicted octanol–water partition coefficient (Wildman–Crippen LogP) is 1.20. The smallest absolute Gasteiger partial charge is 0.220 e. The van der Waals surface area contributed by atoms with Gasteiger partial charge in [0, 0.05) is 25.4 Å². The summed E-state index contributed by atoms with van der Waals surface area (Å²) >= 11 is 0. The van der Waals surface area contributed by atoms with Gasteiger partial charge in [0.2, 0.25) is 11.8 Å². The number of amides is 2. The molecule has 0 saturated carbocycles. The van der Waals surface area contributed by atoms with Crippen molar-refractivity contribution in [2.45, 2.75) is 65.5 Å². The van der Waals surface area contributed by atoms with Gasteiger partial charge in [-0.3, -0.25) is 9.59 Å². The first-order valence-corrected chi connectivity index (χ1v) is 6.93. The van der Waals surface area contributed by atoms with Crippen molar-refractivity contribution in [1.82, 2.24) is 10.6 Å². The molecular weight excluding hydrogens is 244 g/mol. The molecule has 0 aliphatic carbocycles. The number of nitrogens with one attached hydrogen (secondary N) is 2. The van der Waals surface area contributed by atoms with Crippen LogP contribution in [0.1, 0.15) is 53.9 Å². The fraction of sp³-hybridized carbons (Fsp3) is 0.857. The topological polar surface area (TPSA) is 78.4 Å². The van der Waals surface area contributed by atoms with Crippen LogP contribution in [-0.4, -0.2) is 35.1 Å². The van der Waals surface area contributed by atoms with Crippen LogP contribution in [0.4, 0.5) is 0 Å². The molecule has 0 saturated heterocycles. The van der Waals surface area contributed by atoms with Crippen molar-refractivity contribution >= 4 is 11.8 Å². The molecule has 112 valence electrons. The van der Waals surface area contributed by atoms with Crippen molar-refractivity contribution in [1.29, 1.82) is 0 Å². The van der Waals surface area contributed by atoms with Crippen LogP contribution in [-0.2, 0) is 9.59 Å². The van der Waals surface area contributed by atoms with Crippen LogP contribution in [0, 0.1) is 5.92 Å². The molecule has 0 radical (unpaired) electrons. The fourth-order valence-corrected chi connectivity index (χ4v) is 1.37. The second-order valence-electron chi connectivity index (χ2n) is 5.86. The van der Waals surface area contributed by atoms with Gasteiger partial charge in [0.15, 0.2) is 0 Å². The van der Waals surface area contributed by atoms with Crippen LogP contribution in [0.15, 0.2) is 0 Å². The number of carbonyl (C=O) groups excluding carboxylic acids is 2. The quantitative estimate of drug-likeness (QED) is 0.621. The summed E-state index contributed by atoms with van der Waals surface area (Å²) in [6, 6.07) is 0.127. The average molecular weight is 272 g/mol. The number of rotatable bonds is 8. The molecular formula is C14H28N2O3. The first kappa shape index (κ1) is 17.9. The molecule has 0 aromatic heterocycles. The molecule has 0 aliphatic heterocycles. The van der Waals surface area contributed by atoms with Gasteiger partial charge in [0.05, 0.1) is 5.60 Å². The van der Waals surface area contributed by atoms with Gasteiger partial charge in [-0.15, -0.1) is 0 Å². The van der Waals surface area contributed by atoms with E-state index < -0.39 is 5.60 Å². The number of hydrogen-bond acceptors (Lipinski definition) is 3. The number of aliphatic hydroxyl groups is 1. The minimum atomic E-state index is -0.898. The molecule has 3 N–H and O–H groups in total. The molecule has 0 aromatic carbocycles. The molecule has 5 nitrogen and oxygen atoms in total. The van der Waals surface area contributed by atoms with Gasteiger partial charge in [-0.1, -0.05) is 13.8 Å². The van der Waals surface area contributed by atoms with E-state index >= 15 is 0 Å². The lowest BCUT2D eigenvalue weighted by atomic mass is 9.92. The zero-order chi connectivity index (χ0) is 15.1. The summed E-state index contributed by atoms with van der Waals surface area (Å²) in [5.41, 5.74) is -0.898. The largest absolute Gasteiger partial charge is 0.388 e. The van der Waals surface area contributed by atoms with Crippen molar-refractivity contribution in [3.63, 3.8) is 0 Å². The molecule has 0 fully saturated rings. The second-order valence-corrected chi connectivity index (χ2v) is 5.86. The van der Waals surface area contributed by atoms with E-state index in [9.17, 15) is 14.7 Å². The van der Waals surface area contributed by atoms with Crippen LogP contribution < -0.4 is 10.6 Å². The minimum absolute atomic E-state index is 0.0306. The monoisotopic (exact) mass is 272 g/mol. The van der Waals surface area contributed by atoms with Crippen LogP contribution in [0.25, 0.3) is 0 Å². The van der Waals surface area contributed by atoms with E-state index in [-0.39, 0.29) is 30.3 Å². The SMILES string of the molecule is CC(C)NC(=O)CCCC(=O)NCC(C)(O)C(C)C. The molecule has 5 heteroatoms. The van der Waals surface area contributed by atoms with Gasteiger partial charge < -0.3 is 15.7 Å². The van der Waals surface area contributed by atoms with Gasteiger partial charge in [0.1, 0.15) is 0 Å². The van der Waals surface area contributed by atoms with Crippen molar-refractivity contribution in [3.8, 4) is 0 Å². The second kappa shape index (κ2) is 8.15. The van der Waals surface area contributed by atoms with Gasteiger partial charge in [0.25, 0.3) is 0 Å². The van der Waals surface area contributed by atoms with E-state index in [1.54, 1.807) is 6.92 Å². The highest BCUT2D eigenvalue weighted by Crippen LogP contribution is 2.14. The zero-order valence-corrected chi connectivity index (χ0v) is 12.7. The fourth-order valence-electron chi connectivity index (χ4n) is 1.37. The van der Waals surface area contributed by atoms with Gasteiger partial charge in [-0.05, 0) is 33.1 Å². The molecule has 0 aliphatic rings. The van der Waals surface area contributed by atoms with Crippen molar-refractivity contribution in [2.75, 3.05) is 6.54 Å². The highest BCUT2D eigenvalue weighted by molar-refractivity contribution is 5.78. The van der Waals surface area contributed by atoms with E-state index in [2.05, 4.69) is 10.6 Å². The first-order chi connectivity index (χ1) is 8.65. The predicted molar refractivity (Wildman–Crippen MR) is 75.6 cm³/mol. The lowest BCUT2D eigenvalue weighted by molar-refractivity contribution is -0.123. The summed E-state index contributed by atoms with van der Waals surface area (Å²) in [4.78, 5) is 22.9. The third-order valence-corrected chi connectivity index (χ3v) is 3.14. The van der Waals surface area contributed by atoms with Crippen LogP contribution in [0.3, 0.4) is 0 Å². The Bertz CT molecular complexity index is 299. The Balaban J connectivity index is 3.80. The van der Waals surface area contributed by atoms with E-state index in [1.165, 1.54) is 0 Å². The third kappa shape index (κ3) is 8.59.